The molecule has 3 heterocycles. The Bertz CT molecular complexity index is 1540. The highest BCUT2D eigenvalue weighted by atomic mass is 32.2. The van der Waals surface area contributed by atoms with E-state index in [1.165, 1.54) is 12.1 Å². The van der Waals surface area contributed by atoms with Crippen LogP contribution in [0.3, 0.4) is 0 Å². The van der Waals surface area contributed by atoms with E-state index in [1.54, 1.807) is 35.3 Å². The standard InChI is InChI=1S/C30H40F3N5O4SSi/c1-21-19-28(2,44(3,4)5)37(20-21)26-23(27(39)36-43(40,41)22-9-7-6-8-10-22)11-12-24(34-26)38-17-13-25(35-38)42-18-16-29(14-15-29)30(31,32)33/h6-12,21H,13-20H2,1-5H3,(H,36,39)/t21-,28+/m0/s1. The fourth-order valence-corrected chi connectivity index (χ4v) is 9.05. The van der Waals surface area contributed by atoms with Gasteiger partial charge in [0, 0.05) is 18.1 Å². The molecule has 1 N–H and O–H groups in total. The van der Waals surface area contributed by atoms with Crippen LogP contribution < -0.4 is 14.6 Å². The SMILES string of the molecule is C[C@@H]1CN(c2nc(N3CCC(OCCC4(C(F)(F)F)CC4)=N3)ccc2C(=O)NS(=O)(=O)c2ccccc2)[C@](C)([Si](C)(C)C)C1. The lowest BCUT2D eigenvalue weighted by molar-refractivity contribution is -0.190. The lowest BCUT2D eigenvalue weighted by atomic mass is 10.0. The van der Waals surface area contributed by atoms with Crippen molar-refractivity contribution >= 4 is 41.5 Å². The summed E-state index contributed by atoms with van der Waals surface area (Å²) < 4.78 is 73.9. The van der Waals surface area contributed by atoms with Crippen LogP contribution >= 0.6 is 0 Å². The second-order valence-electron chi connectivity index (χ2n) is 13.5. The molecule has 2 aliphatic heterocycles. The molecule has 1 saturated heterocycles. The Hall–Kier alpha value is -3.13. The van der Waals surface area contributed by atoms with E-state index in [2.05, 4.69) is 48.2 Å². The molecule has 0 spiro atoms. The van der Waals surface area contributed by atoms with E-state index >= 15 is 0 Å². The summed E-state index contributed by atoms with van der Waals surface area (Å²) in [6, 6.07) is 10.9. The van der Waals surface area contributed by atoms with Crippen molar-refractivity contribution in [2.45, 2.75) is 81.8 Å². The summed E-state index contributed by atoms with van der Waals surface area (Å²) in [5, 5.41) is 5.82. The maximum Gasteiger partial charge on any atom is 0.394 e. The number of amides is 1. The Morgan fingerprint density at radius 2 is 1.82 bits per heavy atom. The molecule has 5 rings (SSSR count). The molecule has 1 aromatic heterocycles. The van der Waals surface area contributed by atoms with Gasteiger partial charge in [-0.3, -0.25) is 4.79 Å². The minimum Gasteiger partial charge on any atom is -0.480 e. The maximum atomic E-state index is 13.6. The number of benzene rings is 1. The van der Waals surface area contributed by atoms with E-state index in [0.717, 1.165) is 6.42 Å². The summed E-state index contributed by atoms with van der Waals surface area (Å²) in [4.78, 5) is 20.7. The molecule has 0 unspecified atom stereocenters. The first-order chi connectivity index (χ1) is 20.5. The van der Waals surface area contributed by atoms with Gasteiger partial charge in [-0.2, -0.15) is 13.2 Å². The lowest BCUT2D eigenvalue weighted by Gasteiger charge is -2.45. The average Bonchev–Trinajstić information content (AvgIpc) is 3.48. The number of rotatable bonds is 9. The fraction of sp³-hybridized carbons (Fsp3) is 0.567. The number of halogens is 3. The average molecular weight is 652 g/mol. The zero-order chi connectivity index (χ0) is 32.1. The van der Waals surface area contributed by atoms with Gasteiger partial charge >= 0.3 is 6.18 Å². The monoisotopic (exact) mass is 651 g/mol. The van der Waals surface area contributed by atoms with E-state index in [4.69, 9.17) is 9.72 Å². The normalized spacial score (nSPS) is 23.5. The molecule has 2 atom stereocenters. The molecule has 44 heavy (non-hydrogen) atoms. The molecule has 1 amide bonds. The number of alkyl halides is 3. The van der Waals surface area contributed by atoms with E-state index in [9.17, 15) is 26.4 Å². The second kappa shape index (κ2) is 11.3. The molecule has 1 aromatic carbocycles. The number of hydrogen-bond donors (Lipinski definition) is 1. The van der Waals surface area contributed by atoms with Crippen molar-refractivity contribution in [3.63, 3.8) is 0 Å². The number of nitrogens with one attached hydrogen (secondary N) is 1. The van der Waals surface area contributed by atoms with Crippen LogP contribution in [0.2, 0.25) is 19.6 Å². The van der Waals surface area contributed by atoms with Gasteiger partial charge < -0.3 is 9.64 Å². The Kier molecular flexibility index (Phi) is 8.32. The quantitative estimate of drug-likeness (QED) is 0.334. The van der Waals surface area contributed by atoms with Crippen LogP contribution in [0.1, 0.15) is 56.3 Å². The number of pyridine rings is 1. The summed E-state index contributed by atoms with van der Waals surface area (Å²) in [6.07, 6.45) is -2.77. The molecule has 9 nitrogen and oxygen atoms in total. The van der Waals surface area contributed by atoms with Crippen LogP contribution in [0, 0.1) is 11.3 Å². The van der Waals surface area contributed by atoms with Gasteiger partial charge in [0.25, 0.3) is 15.9 Å². The summed E-state index contributed by atoms with van der Waals surface area (Å²) in [6.45, 7) is 12.1. The van der Waals surface area contributed by atoms with Gasteiger partial charge in [0.05, 0.1) is 37.1 Å². The summed E-state index contributed by atoms with van der Waals surface area (Å²) in [5.74, 6) is 0.685. The molecule has 1 saturated carbocycles. The number of aromatic nitrogens is 1. The van der Waals surface area contributed by atoms with Crippen LogP contribution in [0.4, 0.5) is 24.8 Å². The predicted octanol–water partition coefficient (Wildman–Crippen LogP) is 5.96. The lowest BCUT2D eigenvalue weighted by Crippen LogP contribution is -2.59. The molecule has 2 aromatic rings. The number of hydrazone groups is 1. The van der Waals surface area contributed by atoms with Gasteiger partial charge in [-0.1, -0.05) is 44.8 Å². The molecule has 240 valence electrons. The van der Waals surface area contributed by atoms with Gasteiger partial charge in [-0.15, -0.1) is 5.10 Å². The van der Waals surface area contributed by atoms with Gasteiger partial charge in [-0.05, 0) is 62.8 Å². The van der Waals surface area contributed by atoms with Crippen molar-refractivity contribution in [2.75, 3.05) is 29.6 Å². The van der Waals surface area contributed by atoms with Crippen molar-refractivity contribution in [1.29, 1.82) is 0 Å². The van der Waals surface area contributed by atoms with Gasteiger partial charge in [-0.25, -0.2) is 23.1 Å². The van der Waals surface area contributed by atoms with Crippen LogP contribution in [-0.4, -0.2) is 64.3 Å². The predicted molar refractivity (Wildman–Crippen MR) is 166 cm³/mol. The number of sulfonamides is 1. The zero-order valence-electron chi connectivity index (χ0n) is 25.7. The van der Waals surface area contributed by atoms with Crippen molar-refractivity contribution in [3.05, 3.63) is 48.0 Å². The van der Waals surface area contributed by atoms with Crippen LogP contribution in [-0.2, 0) is 14.8 Å². The van der Waals surface area contributed by atoms with E-state index in [-0.39, 0.29) is 41.5 Å². The van der Waals surface area contributed by atoms with E-state index in [0.29, 0.717) is 43.0 Å². The molecule has 1 aliphatic carbocycles. The van der Waals surface area contributed by atoms with Crippen molar-refractivity contribution in [1.82, 2.24) is 9.71 Å². The summed E-state index contributed by atoms with van der Waals surface area (Å²) in [5.41, 5.74) is -1.50. The Balaban J connectivity index is 1.44. The number of hydrogen-bond acceptors (Lipinski definition) is 8. The summed E-state index contributed by atoms with van der Waals surface area (Å²) >= 11 is 0. The molecule has 14 heteroatoms. The van der Waals surface area contributed by atoms with Gasteiger partial charge in [0.1, 0.15) is 5.82 Å². The van der Waals surface area contributed by atoms with Crippen molar-refractivity contribution in [2.24, 2.45) is 16.4 Å². The first-order valence-electron chi connectivity index (χ1n) is 14.9. The summed E-state index contributed by atoms with van der Waals surface area (Å²) in [7, 11) is -6.03. The highest BCUT2D eigenvalue weighted by molar-refractivity contribution is 7.90. The third-order valence-electron chi connectivity index (χ3n) is 9.43. The fourth-order valence-electron chi connectivity index (χ4n) is 6.09. The third kappa shape index (κ3) is 6.19. The van der Waals surface area contributed by atoms with Gasteiger partial charge in [0.2, 0.25) is 5.90 Å². The van der Waals surface area contributed by atoms with Crippen LogP contribution in [0.15, 0.2) is 52.5 Å². The number of carbonyl (C=O) groups excluding carboxylic acids is 1. The second-order valence-corrected chi connectivity index (χ2v) is 20.7. The third-order valence-corrected chi connectivity index (χ3v) is 14.5. The van der Waals surface area contributed by atoms with Crippen LogP contribution in [0.5, 0.6) is 0 Å². The molecular formula is C30H40F3N5O4SSi. The molecule has 0 radical (unpaired) electrons. The zero-order valence-corrected chi connectivity index (χ0v) is 27.6. The van der Waals surface area contributed by atoms with E-state index in [1.807, 2.05) is 0 Å². The number of nitrogens with zero attached hydrogens (tertiary/aromatic N) is 4. The van der Waals surface area contributed by atoms with Crippen molar-refractivity contribution < 1.29 is 31.1 Å². The first-order valence-corrected chi connectivity index (χ1v) is 19.9. The maximum absolute atomic E-state index is 13.6. The molecule has 0 bridgehead atoms. The number of carbonyl (C=O) groups is 1. The Morgan fingerprint density at radius 3 is 2.43 bits per heavy atom. The van der Waals surface area contributed by atoms with Crippen LogP contribution in [0.25, 0.3) is 0 Å². The highest BCUT2D eigenvalue weighted by Gasteiger charge is 2.62. The van der Waals surface area contributed by atoms with Gasteiger partial charge in [0.15, 0.2) is 5.82 Å². The Labute approximate surface area is 257 Å². The highest BCUT2D eigenvalue weighted by Crippen LogP contribution is 2.59. The first kappa shape index (κ1) is 32.3. The topological polar surface area (TPSA) is 104 Å². The Morgan fingerprint density at radius 1 is 1.14 bits per heavy atom. The number of anilines is 2. The molecular weight excluding hydrogens is 612 g/mol. The smallest absolute Gasteiger partial charge is 0.394 e. The molecule has 3 aliphatic rings. The minimum atomic E-state index is -4.23. The largest absolute Gasteiger partial charge is 0.480 e. The van der Waals surface area contributed by atoms with Crippen molar-refractivity contribution in [3.8, 4) is 0 Å². The number of ether oxygens (including phenoxy) is 1. The van der Waals surface area contributed by atoms with E-state index < -0.39 is 35.6 Å². The minimum absolute atomic E-state index is 0.0250. The molecule has 2 fully saturated rings.